The van der Waals surface area contributed by atoms with E-state index in [1.165, 1.54) is 13.8 Å². The summed E-state index contributed by atoms with van der Waals surface area (Å²) in [6, 6.07) is 5.18. The van der Waals surface area contributed by atoms with Gasteiger partial charge in [0, 0.05) is 19.4 Å². The number of hydrogen-bond acceptors (Lipinski definition) is 4. The third kappa shape index (κ3) is 4.28. The second kappa shape index (κ2) is 6.78. The van der Waals surface area contributed by atoms with Crippen LogP contribution in [0.2, 0.25) is 0 Å². The second-order valence-corrected chi connectivity index (χ2v) is 4.25. The lowest BCUT2D eigenvalue weighted by Crippen LogP contribution is -2.31. The highest BCUT2D eigenvalue weighted by Crippen LogP contribution is 2.28. The molecule has 1 N–H and O–H groups in total. The van der Waals surface area contributed by atoms with Crippen molar-refractivity contribution in [2.24, 2.45) is 0 Å². The number of ether oxygens (including phenoxy) is 2. The summed E-state index contributed by atoms with van der Waals surface area (Å²) in [7, 11) is 1.56. The molecule has 0 saturated carbocycles. The minimum Gasteiger partial charge on any atom is -0.496 e. The van der Waals surface area contributed by atoms with Crippen molar-refractivity contribution in [3.8, 4) is 5.75 Å². The van der Waals surface area contributed by atoms with Crippen LogP contribution >= 0.6 is 0 Å². The third-order valence-corrected chi connectivity index (χ3v) is 2.68. The van der Waals surface area contributed by atoms with Gasteiger partial charge in [0.2, 0.25) is 5.91 Å². The second-order valence-electron chi connectivity index (χ2n) is 4.25. The van der Waals surface area contributed by atoms with Crippen molar-refractivity contribution < 1.29 is 19.1 Å². The fourth-order valence-corrected chi connectivity index (χ4v) is 1.92. The number of benzene rings is 1. The van der Waals surface area contributed by atoms with Crippen LogP contribution in [0.25, 0.3) is 0 Å². The standard InChI is InChI=1S/C14H19NO4/c1-9-6-5-7-13(18-4)14(9)12(15-10(2)16)8-19-11(3)17/h5-7,12H,8H2,1-4H3,(H,15,16)/t12-/m1/s1. The summed E-state index contributed by atoms with van der Waals surface area (Å²) in [5.41, 5.74) is 1.78. The van der Waals surface area contributed by atoms with E-state index in [-0.39, 0.29) is 18.5 Å². The quantitative estimate of drug-likeness (QED) is 0.824. The van der Waals surface area contributed by atoms with Crippen molar-refractivity contribution in [3.63, 3.8) is 0 Å². The molecule has 19 heavy (non-hydrogen) atoms. The smallest absolute Gasteiger partial charge is 0.302 e. The van der Waals surface area contributed by atoms with Crippen LogP contribution in [-0.4, -0.2) is 25.6 Å². The molecule has 1 aromatic rings. The molecule has 0 unspecified atom stereocenters. The Morgan fingerprint density at radius 3 is 2.53 bits per heavy atom. The summed E-state index contributed by atoms with van der Waals surface area (Å²) in [5, 5.41) is 2.77. The molecule has 104 valence electrons. The molecule has 0 heterocycles. The summed E-state index contributed by atoms with van der Waals surface area (Å²) < 4.78 is 10.3. The van der Waals surface area contributed by atoms with E-state index in [1.54, 1.807) is 7.11 Å². The highest BCUT2D eigenvalue weighted by Gasteiger charge is 2.20. The zero-order valence-corrected chi connectivity index (χ0v) is 11.6. The zero-order chi connectivity index (χ0) is 14.4. The van der Waals surface area contributed by atoms with Gasteiger partial charge in [0.25, 0.3) is 0 Å². The van der Waals surface area contributed by atoms with E-state index in [2.05, 4.69) is 5.32 Å². The molecule has 0 fully saturated rings. The first-order chi connectivity index (χ1) is 8.95. The Kier molecular flexibility index (Phi) is 5.36. The highest BCUT2D eigenvalue weighted by atomic mass is 16.5. The van der Waals surface area contributed by atoms with Crippen molar-refractivity contribution in [2.45, 2.75) is 26.8 Å². The molecule has 0 aliphatic carbocycles. The number of rotatable bonds is 5. The monoisotopic (exact) mass is 265 g/mol. The number of carbonyl (C=O) groups excluding carboxylic acids is 2. The fourth-order valence-electron chi connectivity index (χ4n) is 1.92. The maximum atomic E-state index is 11.3. The van der Waals surface area contributed by atoms with Crippen LogP contribution in [-0.2, 0) is 14.3 Å². The van der Waals surface area contributed by atoms with Gasteiger partial charge in [-0.2, -0.15) is 0 Å². The van der Waals surface area contributed by atoms with Gasteiger partial charge < -0.3 is 14.8 Å². The molecule has 5 heteroatoms. The van der Waals surface area contributed by atoms with Gasteiger partial charge in [-0.25, -0.2) is 0 Å². The Bertz CT molecular complexity index is 471. The lowest BCUT2D eigenvalue weighted by atomic mass is 10.0. The third-order valence-electron chi connectivity index (χ3n) is 2.68. The Morgan fingerprint density at radius 2 is 2.00 bits per heavy atom. The minimum absolute atomic E-state index is 0.0795. The summed E-state index contributed by atoms with van der Waals surface area (Å²) >= 11 is 0. The van der Waals surface area contributed by atoms with Crippen LogP contribution in [0.3, 0.4) is 0 Å². The number of carbonyl (C=O) groups is 2. The average Bonchev–Trinajstić information content (AvgIpc) is 2.33. The summed E-state index contributed by atoms with van der Waals surface area (Å²) in [4.78, 5) is 22.2. The molecule has 0 saturated heterocycles. The maximum absolute atomic E-state index is 11.3. The number of nitrogens with one attached hydrogen (secondary N) is 1. The lowest BCUT2D eigenvalue weighted by molar-refractivity contribution is -0.142. The Hall–Kier alpha value is -2.04. The lowest BCUT2D eigenvalue weighted by Gasteiger charge is -2.22. The van der Waals surface area contributed by atoms with E-state index in [1.807, 2.05) is 25.1 Å². The Labute approximate surface area is 112 Å². The zero-order valence-electron chi connectivity index (χ0n) is 11.6. The predicted molar refractivity (Wildman–Crippen MR) is 70.9 cm³/mol. The molecular formula is C14H19NO4. The molecule has 1 aromatic carbocycles. The van der Waals surface area contributed by atoms with Crippen molar-refractivity contribution in [3.05, 3.63) is 29.3 Å². The largest absolute Gasteiger partial charge is 0.496 e. The highest BCUT2D eigenvalue weighted by molar-refractivity contribution is 5.74. The number of esters is 1. The molecule has 1 atom stereocenters. The van der Waals surface area contributed by atoms with Gasteiger partial charge in [-0.3, -0.25) is 9.59 Å². The minimum atomic E-state index is -0.419. The summed E-state index contributed by atoms with van der Waals surface area (Å²) in [6.07, 6.45) is 0. The topological polar surface area (TPSA) is 64.6 Å². The molecule has 0 aliphatic rings. The van der Waals surface area contributed by atoms with Gasteiger partial charge in [0.1, 0.15) is 12.4 Å². The maximum Gasteiger partial charge on any atom is 0.302 e. The van der Waals surface area contributed by atoms with Crippen LogP contribution in [0.4, 0.5) is 0 Å². The van der Waals surface area contributed by atoms with E-state index in [0.717, 1.165) is 11.1 Å². The molecule has 0 aromatic heterocycles. The van der Waals surface area contributed by atoms with Gasteiger partial charge >= 0.3 is 5.97 Å². The number of methoxy groups -OCH3 is 1. The van der Waals surface area contributed by atoms with Crippen LogP contribution in [0.15, 0.2) is 18.2 Å². The van der Waals surface area contributed by atoms with E-state index in [4.69, 9.17) is 9.47 Å². The van der Waals surface area contributed by atoms with Crippen molar-refractivity contribution in [2.75, 3.05) is 13.7 Å². The number of aryl methyl sites for hydroxylation is 1. The molecule has 0 radical (unpaired) electrons. The van der Waals surface area contributed by atoms with E-state index in [9.17, 15) is 9.59 Å². The van der Waals surface area contributed by atoms with Gasteiger partial charge in [0.05, 0.1) is 13.2 Å². The normalized spacial score (nSPS) is 11.6. The van der Waals surface area contributed by atoms with E-state index < -0.39 is 6.04 Å². The van der Waals surface area contributed by atoms with Crippen molar-refractivity contribution >= 4 is 11.9 Å². The molecule has 0 aliphatic heterocycles. The van der Waals surface area contributed by atoms with Crippen molar-refractivity contribution in [1.29, 1.82) is 0 Å². The Morgan fingerprint density at radius 1 is 1.32 bits per heavy atom. The first-order valence-corrected chi connectivity index (χ1v) is 5.99. The van der Waals surface area contributed by atoms with E-state index >= 15 is 0 Å². The van der Waals surface area contributed by atoms with Crippen LogP contribution < -0.4 is 10.1 Å². The molecule has 1 amide bonds. The molecule has 5 nitrogen and oxygen atoms in total. The summed E-state index contributed by atoms with van der Waals surface area (Å²) in [5.74, 6) is 0.0799. The molecule has 1 rings (SSSR count). The van der Waals surface area contributed by atoms with Crippen LogP contribution in [0.1, 0.15) is 31.0 Å². The molecular weight excluding hydrogens is 246 g/mol. The molecule has 0 spiro atoms. The van der Waals surface area contributed by atoms with Gasteiger partial charge in [-0.05, 0) is 18.6 Å². The Balaban J connectivity index is 3.08. The fraction of sp³-hybridized carbons (Fsp3) is 0.429. The first kappa shape index (κ1) is 15.0. The average molecular weight is 265 g/mol. The van der Waals surface area contributed by atoms with E-state index in [0.29, 0.717) is 5.75 Å². The summed E-state index contributed by atoms with van der Waals surface area (Å²) in [6.45, 7) is 4.75. The number of amides is 1. The first-order valence-electron chi connectivity index (χ1n) is 5.99. The number of hydrogen-bond donors (Lipinski definition) is 1. The van der Waals surface area contributed by atoms with Gasteiger partial charge in [0.15, 0.2) is 0 Å². The molecule has 0 bridgehead atoms. The van der Waals surface area contributed by atoms with Gasteiger partial charge in [-0.1, -0.05) is 12.1 Å². The van der Waals surface area contributed by atoms with Crippen LogP contribution in [0.5, 0.6) is 5.75 Å². The predicted octanol–water partition coefficient (Wildman–Crippen LogP) is 1.74. The SMILES string of the molecule is COc1cccc(C)c1[C@@H](COC(C)=O)NC(C)=O. The van der Waals surface area contributed by atoms with Crippen molar-refractivity contribution in [1.82, 2.24) is 5.32 Å². The van der Waals surface area contributed by atoms with Crippen LogP contribution in [0, 0.1) is 6.92 Å². The van der Waals surface area contributed by atoms with Gasteiger partial charge in [-0.15, -0.1) is 0 Å².